The first-order valence-corrected chi connectivity index (χ1v) is 7.92. The minimum Gasteiger partial charge on any atom is -0.494 e. The van der Waals surface area contributed by atoms with Crippen molar-refractivity contribution in [2.75, 3.05) is 26.2 Å². The Hall–Kier alpha value is -1.55. The normalized spacial score (nSPS) is 18.6. The SMILES string of the molecule is CCCOc1ccc(CCC(=O)N2CCNC[C@H]2C)cc1. The molecule has 1 fully saturated rings. The molecule has 1 aromatic rings. The molecule has 0 saturated carbocycles. The molecule has 0 aromatic heterocycles. The van der Waals surface area contributed by atoms with Crippen LogP contribution in [0.1, 0.15) is 32.3 Å². The van der Waals surface area contributed by atoms with E-state index in [1.54, 1.807) is 0 Å². The van der Waals surface area contributed by atoms with Gasteiger partial charge in [0, 0.05) is 32.1 Å². The molecule has 1 aliphatic rings. The van der Waals surface area contributed by atoms with Gasteiger partial charge in [-0.05, 0) is 37.5 Å². The summed E-state index contributed by atoms with van der Waals surface area (Å²) in [5.41, 5.74) is 1.19. The maximum absolute atomic E-state index is 12.3. The van der Waals surface area contributed by atoms with Crippen LogP contribution in [0.15, 0.2) is 24.3 Å². The molecule has 0 bridgehead atoms. The number of carbonyl (C=O) groups is 1. The van der Waals surface area contributed by atoms with E-state index in [2.05, 4.69) is 31.3 Å². The van der Waals surface area contributed by atoms with Gasteiger partial charge in [-0.25, -0.2) is 0 Å². The topological polar surface area (TPSA) is 41.6 Å². The summed E-state index contributed by atoms with van der Waals surface area (Å²) in [7, 11) is 0. The standard InChI is InChI=1S/C17H26N2O2/c1-3-12-21-16-7-4-15(5-8-16)6-9-17(20)19-11-10-18-13-14(19)2/h4-5,7-8,14,18H,3,6,9-13H2,1-2H3/t14-/m1/s1. The second kappa shape index (κ2) is 8.03. The molecule has 1 saturated heterocycles. The monoisotopic (exact) mass is 290 g/mol. The Morgan fingerprint density at radius 3 is 2.81 bits per heavy atom. The van der Waals surface area contributed by atoms with Gasteiger partial charge < -0.3 is 15.0 Å². The molecule has 1 N–H and O–H groups in total. The lowest BCUT2D eigenvalue weighted by atomic mass is 10.1. The summed E-state index contributed by atoms with van der Waals surface area (Å²) in [4.78, 5) is 14.3. The molecule has 116 valence electrons. The molecule has 2 rings (SSSR count). The third-order valence-electron chi connectivity index (χ3n) is 3.85. The highest BCUT2D eigenvalue weighted by atomic mass is 16.5. The summed E-state index contributed by atoms with van der Waals surface area (Å²) in [6.45, 7) is 7.57. The zero-order chi connectivity index (χ0) is 15.1. The molecule has 1 atom stereocenters. The summed E-state index contributed by atoms with van der Waals surface area (Å²) in [6, 6.07) is 8.39. The number of aryl methyl sites for hydroxylation is 1. The van der Waals surface area contributed by atoms with E-state index < -0.39 is 0 Å². The summed E-state index contributed by atoms with van der Waals surface area (Å²) < 4.78 is 5.56. The summed E-state index contributed by atoms with van der Waals surface area (Å²) in [5, 5.41) is 3.31. The summed E-state index contributed by atoms with van der Waals surface area (Å²) in [5.74, 6) is 1.16. The van der Waals surface area contributed by atoms with Crippen molar-refractivity contribution < 1.29 is 9.53 Å². The Bertz CT molecular complexity index is 445. The Balaban J connectivity index is 1.80. The first kappa shape index (κ1) is 15.8. The highest BCUT2D eigenvalue weighted by molar-refractivity contribution is 5.77. The average molecular weight is 290 g/mol. The number of nitrogens with one attached hydrogen (secondary N) is 1. The second-order valence-electron chi connectivity index (χ2n) is 5.63. The molecule has 1 amide bonds. The number of nitrogens with zero attached hydrogens (tertiary/aromatic N) is 1. The molecule has 0 aliphatic carbocycles. The maximum atomic E-state index is 12.3. The fourth-order valence-electron chi connectivity index (χ4n) is 2.58. The highest BCUT2D eigenvalue weighted by Gasteiger charge is 2.22. The molecule has 1 heterocycles. The molecule has 1 aliphatic heterocycles. The van der Waals surface area contributed by atoms with Crippen LogP contribution in [0, 0.1) is 0 Å². The van der Waals surface area contributed by atoms with Crippen LogP contribution in [-0.4, -0.2) is 43.1 Å². The molecule has 0 spiro atoms. The fraction of sp³-hybridized carbons (Fsp3) is 0.588. The lowest BCUT2D eigenvalue weighted by molar-refractivity contribution is -0.133. The molecular weight excluding hydrogens is 264 g/mol. The number of benzene rings is 1. The van der Waals surface area contributed by atoms with Crippen molar-refractivity contribution in [1.29, 1.82) is 0 Å². The van der Waals surface area contributed by atoms with E-state index >= 15 is 0 Å². The minimum absolute atomic E-state index is 0.260. The number of rotatable bonds is 6. The fourth-order valence-corrected chi connectivity index (χ4v) is 2.58. The van der Waals surface area contributed by atoms with Crippen LogP contribution in [0.5, 0.6) is 5.75 Å². The van der Waals surface area contributed by atoms with Gasteiger partial charge in [-0.2, -0.15) is 0 Å². The number of carbonyl (C=O) groups excluding carboxylic acids is 1. The van der Waals surface area contributed by atoms with Gasteiger partial charge in [-0.15, -0.1) is 0 Å². The highest BCUT2D eigenvalue weighted by Crippen LogP contribution is 2.14. The van der Waals surface area contributed by atoms with Crippen molar-refractivity contribution in [3.63, 3.8) is 0 Å². The van der Waals surface area contributed by atoms with Gasteiger partial charge in [0.05, 0.1) is 6.61 Å². The van der Waals surface area contributed by atoms with E-state index in [1.807, 2.05) is 17.0 Å². The first-order valence-electron chi connectivity index (χ1n) is 7.92. The average Bonchev–Trinajstić information content (AvgIpc) is 2.52. The molecular formula is C17H26N2O2. The lowest BCUT2D eigenvalue weighted by Gasteiger charge is -2.34. The molecule has 4 nitrogen and oxygen atoms in total. The second-order valence-corrected chi connectivity index (χ2v) is 5.63. The van der Waals surface area contributed by atoms with E-state index in [0.29, 0.717) is 12.5 Å². The lowest BCUT2D eigenvalue weighted by Crippen LogP contribution is -2.52. The van der Waals surface area contributed by atoms with Gasteiger partial charge in [0.15, 0.2) is 0 Å². The number of hydrogen-bond acceptors (Lipinski definition) is 3. The van der Waals surface area contributed by atoms with Crippen LogP contribution in [0.4, 0.5) is 0 Å². The van der Waals surface area contributed by atoms with Gasteiger partial charge >= 0.3 is 0 Å². The van der Waals surface area contributed by atoms with Gasteiger partial charge in [0.1, 0.15) is 5.75 Å². The van der Waals surface area contributed by atoms with E-state index in [1.165, 1.54) is 5.56 Å². The van der Waals surface area contributed by atoms with Gasteiger partial charge in [-0.1, -0.05) is 19.1 Å². The largest absolute Gasteiger partial charge is 0.494 e. The van der Waals surface area contributed by atoms with Crippen molar-refractivity contribution in [3.8, 4) is 5.75 Å². The van der Waals surface area contributed by atoms with Crippen LogP contribution in [0.2, 0.25) is 0 Å². The Morgan fingerprint density at radius 2 is 2.14 bits per heavy atom. The summed E-state index contributed by atoms with van der Waals surface area (Å²) >= 11 is 0. The van der Waals surface area contributed by atoms with Gasteiger partial charge in [-0.3, -0.25) is 4.79 Å². The van der Waals surface area contributed by atoms with E-state index in [4.69, 9.17) is 4.74 Å². The minimum atomic E-state index is 0.260. The predicted molar refractivity (Wildman–Crippen MR) is 84.6 cm³/mol. The third-order valence-corrected chi connectivity index (χ3v) is 3.85. The number of hydrogen-bond donors (Lipinski definition) is 1. The number of ether oxygens (including phenoxy) is 1. The third kappa shape index (κ3) is 4.74. The van der Waals surface area contributed by atoms with E-state index in [0.717, 1.165) is 44.8 Å². The zero-order valence-electron chi connectivity index (χ0n) is 13.1. The molecule has 0 radical (unpaired) electrons. The van der Waals surface area contributed by atoms with Crippen molar-refractivity contribution >= 4 is 5.91 Å². The van der Waals surface area contributed by atoms with Crippen LogP contribution in [-0.2, 0) is 11.2 Å². The predicted octanol–water partition coefficient (Wildman–Crippen LogP) is 2.23. The van der Waals surface area contributed by atoms with Crippen LogP contribution in [0.25, 0.3) is 0 Å². The van der Waals surface area contributed by atoms with Crippen LogP contribution < -0.4 is 10.1 Å². The molecule has 21 heavy (non-hydrogen) atoms. The molecule has 0 unspecified atom stereocenters. The van der Waals surface area contributed by atoms with Crippen molar-refractivity contribution in [3.05, 3.63) is 29.8 Å². The van der Waals surface area contributed by atoms with E-state index in [9.17, 15) is 4.79 Å². The van der Waals surface area contributed by atoms with Gasteiger partial charge in [0.2, 0.25) is 5.91 Å². The van der Waals surface area contributed by atoms with Gasteiger partial charge in [0.25, 0.3) is 0 Å². The quantitative estimate of drug-likeness (QED) is 0.873. The van der Waals surface area contributed by atoms with Crippen molar-refractivity contribution in [1.82, 2.24) is 10.2 Å². The Morgan fingerprint density at radius 1 is 1.38 bits per heavy atom. The smallest absolute Gasteiger partial charge is 0.223 e. The first-order chi connectivity index (χ1) is 10.2. The number of piperazine rings is 1. The van der Waals surface area contributed by atoms with Crippen LogP contribution >= 0.6 is 0 Å². The zero-order valence-corrected chi connectivity index (χ0v) is 13.1. The molecule has 4 heteroatoms. The Labute approximate surface area is 127 Å². The molecule has 1 aromatic carbocycles. The van der Waals surface area contributed by atoms with Crippen molar-refractivity contribution in [2.24, 2.45) is 0 Å². The maximum Gasteiger partial charge on any atom is 0.223 e. The Kier molecular flexibility index (Phi) is 6.05. The van der Waals surface area contributed by atoms with Crippen molar-refractivity contribution in [2.45, 2.75) is 39.2 Å². The number of amides is 1. The summed E-state index contributed by atoms with van der Waals surface area (Å²) in [6.07, 6.45) is 2.39. The van der Waals surface area contributed by atoms with Crippen LogP contribution in [0.3, 0.4) is 0 Å². The van der Waals surface area contributed by atoms with E-state index in [-0.39, 0.29) is 5.91 Å².